The number of aromatic nitrogens is 4. The molecule has 0 saturated carbocycles. The van der Waals surface area contributed by atoms with E-state index in [1.807, 2.05) is 17.0 Å². The average Bonchev–Trinajstić information content (AvgIpc) is 3.86. The summed E-state index contributed by atoms with van der Waals surface area (Å²) in [5, 5.41) is 10.6. The van der Waals surface area contributed by atoms with Crippen LogP contribution < -0.4 is 11.1 Å². The molecule has 1 saturated heterocycles. The van der Waals surface area contributed by atoms with Gasteiger partial charge in [0.15, 0.2) is 0 Å². The minimum Gasteiger partial charge on any atom is -0.388 e. The van der Waals surface area contributed by atoms with Gasteiger partial charge in [-0.2, -0.15) is 0 Å². The number of hydrogen-bond donors (Lipinski definition) is 2. The molecule has 2 aliphatic rings. The monoisotopic (exact) mass is 668 g/mol. The number of carbonyl (C=O) groups is 1. The van der Waals surface area contributed by atoms with E-state index in [-0.39, 0.29) is 29.2 Å². The first kappa shape index (κ1) is 30.1. The highest BCUT2D eigenvalue weighted by atomic mass is 32.1. The zero-order valence-corrected chi connectivity index (χ0v) is 26.3. The van der Waals surface area contributed by atoms with Crippen LogP contribution >= 0.6 is 11.3 Å². The van der Waals surface area contributed by atoms with Crippen LogP contribution in [0.4, 0.5) is 19.0 Å². The predicted octanol–water partition coefficient (Wildman–Crippen LogP) is 7.37. The summed E-state index contributed by atoms with van der Waals surface area (Å²) < 4.78 is 48.2. The van der Waals surface area contributed by atoms with Crippen LogP contribution in [0.5, 0.6) is 0 Å². The molecule has 9 nitrogen and oxygen atoms in total. The number of anilines is 1. The van der Waals surface area contributed by atoms with E-state index >= 15 is 0 Å². The van der Waals surface area contributed by atoms with E-state index in [0.29, 0.717) is 58.2 Å². The molecule has 1 amide bonds. The number of thiophene rings is 1. The fourth-order valence-corrected chi connectivity index (χ4v) is 7.95. The maximum atomic E-state index is 14.6. The van der Waals surface area contributed by atoms with Gasteiger partial charge in [-0.25, -0.2) is 28.0 Å². The quantitative estimate of drug-likeness (QED) is 0.174. The summed E-state index contributed by atoms with van der Waals surface area (Å²) >= 11 is 1.38. The van der Waals surface area contributed by atoms with Gasteiger partial charge in [0.25, 0.3) is 11.8 Å². The standard InChI is InChI=1S/C35H27F3N6O3S/c1-17(22-10-9-21(37)16-23(22)38)40-32-31-19(12-13-39-32)15-26(48-31)28-27(33-42-43-35(46)47-33)24(11-6-18-4-7-20(36)8-5-18)41-30-25-3-2-14-44(25)34(45)29(28)30/h4-5,7-10,12-13,15-17,25H,2-3,6,11,14H2,1H3,(H,39,40)(H,43,46)/t17-,25-/m1/s1. The SMILES string of the molecule is C[C@@H](Nc1nccc2cc(-c3c4c(nc(CCc5ccc(F)cc5)c3-c3n[nH]c(=O)o3)[C@H]3CCCN3C4=O)sc12)c1ccc(F)cc1F. The Balaban J connectivity index is 1.30. The van der Waals surface area contributed by atoms with Crippen molar-refractivity contribution in [3.63, 3.8) is 0 Å². The number of amides is 1. The number of rotatable bonds is 8. The lowest BCUT2D eigenvalue weighted by Crippen LogP contribution is -2.22. The van der Waals surface area contributed by atoms with Crippen molar-refractivity contribution >= 4 is 33.1 Å². The van der Waals surface area contributed by atoms with Crippen LogP contribution in [-0.4, -0.2) is 37.5 Å². The van der Waals surface area contributed by atoms with Crippen molar-refractivity contribution in [3.05, 3.63) is 117 Å². The van der Waals surface area contributed by atoms with Crippen LogP contribution in [0.2, 0.25) is 0 Å². The number of hydrogen-bond acceptors (Lipinski definition) is 8. The molecule has 2 aromatic carbocycles. The second-order valence-corrected chi connectivity index (χ2v) is 13.0. The van der Waals surface area contributed by atoms with Gasteiger partial charge >= 0.3 is 5.76 Å². The Morgan fingerprint density at radius 2 is 1.83 bits per heavy atom. The largest absolute Gasteiger partial charge is 0.434 e. The number of nitrogens with one attached hydrogen (secondary N) is 2. The van der Waals surface area contributed by atoms with Gasteiger partial charge in [0.2, 0.25) is 0 Å². The highest BCUT2D eigenvalue weighted by Crippen LogP contribution is 2.50. The first-order valence-corrected chi connectivity index (χ1v) is 16.3. The average molecular weight is 669 g/mol. The number of pyridine rings is 2. The summed E-state index contributed by atoms with van der Waals surface area (Å²) in [7, 11) is 0. The molecule has 2 N–H and O–H groups in total. The molecule has 8 rings (SSSR count). The van der Waals surface area contributed by atoms with E-state index < -0.39 is 23.4 Å². The van der Waals surface area contributed by atoms with Gasteiger partial charge in [0.05, 0.1) is 39.3 Å². The van der Waals surface area contributed by atoms with Crippen LogP contribution in [0.25, 0.3) is 32.0 Å². The molecule has 0 radical (unpaired) electrons. The van der Waals surface area contributed by atoms with Crippen molar-refractivity contribution in [2.45, 2.75) is 44.7 Å². The van der Waals surface area contributed by atoms with Crippen LogP contribution in [0.15, 0.2) is 70.0 Å². The highest BCUT2D eigenvalue weighted by Gasteiger charge is 2.45. The van der Waals surface area contributed by atoms with Crippen molar-refractivity contribution in [1.29, 1.82) is 0 Å². The van der Waals surface area contributed by atoms with Crippen molar-refractivity contribution in [3.8, 4) is 21.9 Å². The van der Waals surface area contributed by atoms with E-state index in [1.54, 1.807) is 25.3 Å². The van der Waals surface area contributed by atoms with Crippen molar-refractivity contribution in [1.82, 2.24) is 25.1 Å². The lowest BCUT2D eigenvalue weighted by atomic mass is 9.93. The third-order valence-corrected chi connectivity index (χ3v) is 10.2. The maximum Gasteiger partial charge on any atom is 0.434 e. The van der Waals surface area contributed by atoms with Crippen LogP contribution in [0.3, 0.4) is 0 Å². The minimum absolute atomic E-state index is 0.00797. The molecule has 0 unspecified atom stereocenters. The number of H-pyrrole nitrogens is 1. The Kier molecular flexibility index (Phi) is 7.35. The fraction of sp³-hybridized carbons (Fsp3) is 0.229. The van der Waals surface area contributed by atoms with E-state index in [0.717, 1.165) is 34.6 Å². The van der Waals surface area contributed by atoms with Gasteiger partial charge in [-0.05, 0) is 73.9 Å². The van der Waals surface area contributed by atoms with Gasteiger partial charge < -0.3 is 14.6 Å². The van der Waals surface area contributed by atoms with Gasteiger partial charge in [-0.3, -0.25) is 9.78 Å². The van der Waals surface area contributed by atoms with Gasteiger partial charge in [-0.15, -0.1) is 16.4 Å². The third-order valence-electron chi connectivity index (χ3n) is 9.02. The van der Waals surface area contributed by atoms with E-state index in [1.165, 1.54) is 35.6 Å². The second-order valence-electron chi connectivity index (χ2n) is 12.0. The summed E-state index contributed by atoms with van der Waals surface area (Å²) in [4.78, 5) is 38.5. The summed E-state index contributed by atoms with van der Waals surface area (Å²) in [6.45, 7) is 2.37. The Morgan fingerprint density at radius 1 is 1.02 bits per heavy atom. The number of aryl methyl sites for hydroxylation is 2. The topological polar surface area (TPSA) is 117 Å². The zero-order valence-electron chi connectivity index (χ0n) is 25.5. The molecular formula is C35H27F3N6O3S. The predicted molar refractivity (Wildman–Crippen MR) is 174 cm³/mol. The van der Waals surface area contributed by atoms with Gasteiger partial charge in [0.1, 0.15) is 23.3 Å². The molecule has 48 heavy (non-hydrogen) atoms. The Labute approximate surface area is 275 Å². The molecule has 242 valence electrons. The molecule has 2 aliphatic heterocycles. The zero-order chi connectivity index (χ0) is 33.1. The third kappa shape index (κ3) is 5.14. The molecule has 0 bridgehead atoms. The molecule has 6 heterocycles. The number of benzene rings is 2. The smallest absolute Gasteiger partial charge is 0.388 e. The van der Waals surface area contributed by atoms with E-state index in [4.69, 9.17) is 9.40 Å². The Morgan fingerprint density at radius 3 is 2.60 bits per heavy atom. The lowest BCUT2D eigenvalue weighted by Gasteiger charge is -2.16. The fourth-order valence-electron chi connectivity index (χ4n) is 6.78. The summed E-state index contributed by atoms with van der Waals surface area (Å²) in [6.07, 6.45) is 4.19. The number of aromatic amines is 1. The lowest BCUT2D eigenvalue weighted by molar-refractivity contribution is 0.0776. The minimum atomic E-state index is -0.748. The number of nitrogens with zero attached hydrogens (tertiary/aromatic N) is 4. The van der Waals surface area contributed by atoms with Crippen molar-refractivity contribution < 1.29 is 22.4 Å². The molecule has 6 aromatic rings. The number of fused-ring (bicyclic) bond motifs is 4. The van der Waals surface area contributed by atoms with Crippen molar-refractivity contribution in [2.24, 2.45) is 0 Å². The number of halogens is 3. The normalized spacial score (nSPS) is 16.0. The molecule has 2 atom stereocenters. The van der Waals surface area contributed by atoms with Crippen molar-refractivity contribution in [2.75, 3.05) is 11.9 Å². The molecule has 0 spiro atoms. The van der Waals surface area contributed by atoms with E-state index in [9.17, 15) is 22.8 Å². The second kappa shape index (κ2) is 11.7. The highest BCUT2D eigenvalue weighted by molar-refractivity contribution is 7.23. The Bertz CT molecular complexity index is 2280. The van der Waals surface area contributed by atoms with Crippen LogP contribution in [-0.2, 0) is 12.8 Å². The summed E-state index contributed by atoms with van der Waals surface area (Å²) in [5.41, 5.74) is 3.89. The van der Waals surface area contributed by atoms with E-state index in [2.05, 4.69) is 20.5 Å². The molecule has 13 heteroatoms. The first-order valence-electron chi connectivity index (χ1n) is 15.5. The molecule has 1 fully saturated rings. The molecular weight excluding hydrogens is 641 g/mol. The molecule has 0 aliphatic carbocycles. The summed E-state index contributed by atoms with van der Waals surface area (Å²) in [6, 6.07) is 12.8. The Hall–Kier alpha value is -5.30. The number of carbonyl (C=O) groups excluding carboxylic acids is 1. The summed E-state index contributed by atoms with van der Waals surface area (Å²) in [5.74, 6) is -2.06. The van der Waals surface area contributed by atoms with Crippen LogP contribution in [0, 0.1) is 17.5 Å². The molecule has 4 aromatic heterocycles. The van der Waals surface area contributed by atoms with Crippen LogP contribution in [0.1, 0.15) is 64.7 Å². The van der Waals surface area contributed by atoms with Gasteiger partial charge in [0, 0.05) is 34.8 Å². The maximum absolute atomic E-state index is 14.6. The first-order chi connectivity index (χ1) is 23.2. The van der Waals surface area contributed by atoms with Gasteiger partial charge in [-0.1, -0.05) is 18.2 Å².